The Balaban J connectivity index is 2.56. The summed E-state index contributed by atoms with van der Waals surface area (Å²) in [5, 5.41) is 0. The van der Waals surface area contributed by atoms with E-state index in [0.717, 1.165) is 6.42 Å². The fourth-order valence-corrected chi connectivity index (χ4v) is 2.27. The molecule has 5 heteroatoms. The van der Waals surface area contributed by atoms with Crippen molar-refractivity contribution in [2.45, 2.75) is 71.1 Å². The molecule has 0 N–H and O–H groups in total. The van der Waals surface area contributed by atoms with Crippen molar-refractivity contribution < 1.29 is 19.1 Å². The molecule has 1 amide bonds. The number of rotatable bonds is 5. The molecule has 0 bridgehead atoms. The Kier molecular flexibility index (Phi) is 5.99. The van der Waals surface area contributed by atoms with Gasteiger partial charge in [-0.25, -0.2) is 4.79 Å². The maximum Gasteiger partial charge on any atom is 0.329 e. The summed E-state index contributed by atoms with van der Waals surface area (Å²) in [7, 11) is 1.63. The van der Waals surface area contributed by atoms with E-state index in [2.05, 4.69) is 0 Å². The lowest BCUT2D eigenvalue weighted by Gasteiger charge is -2.27. The molecule has 2 atom stereocenters. The Bertz CT molecular complexity index is 348. The zero-order valence-corrected chi connectivity index (χ0v) is 13.3. The predicted molar refractivity (Wildman–Crippen MR) is 76.3 cm³/mol. The number of likely N-dealkylation sites (tertiary alicyclic amines) is 1. The molecule has 0 aromatic carbocycles. The van der Waals surface area contributed by atoms with Crippen LogP contribution in [0, 0.1) is 0 Å². The zero-order chi connectivity index (χ0) is 15.3. The van der Waals surface area contributed by atoms with Crippen LogP contribution in [0.3, 0.4) is 0 Å². The molecule has 0 saturated carbocycles. The lowest BCUT2D eigenvalue weighted by molar-refractivity contribution is -0.163. The number of ether oxygens (including phenoxy) is 2. The molecule has 5 nitrogen and oxygen atoms in total. The van der Waals surface area contributed by atoms with Crippen LogP contribution in [-0.4, -0.2) is 48.2 Å². The van der Waals surface area contributed by atoms with Gasteiger partial charge >= 0.3 is 5.97 Å². The molecule has 0 aromatic rings. The molecule has 1 fully saturated rings. The van der Waals surface area contributed by atoms with Gasteiger partial charge in [-0.15, -0.1) is 0 Å². The molecule has 20 heavy (non-hydrogen) atoms. The van der Waals surface area contributed by atoms with Gasteiger partial charge in [0.1, 0.15) is 11.6 Å². The van der Waals surface area contributed by atoms with Gasteiger partial charge in [0.25, 0.3) is 0 Å². The Hall–Kier alpha value is -1.10. The molecule has 1 rings (SSSR count). The SMILES string of the molecule is COC(C)CCC(=O)N1CCC[C@@H]1C(=O)OC(C)(C)C. The van der Waals surface area contributed by atoms with Crippen LogP contribution in [0.4, 0.5) is 0 Å². The third-order valence-electron chi connectivity index (χ3n) is 3.42. The summed E-state index contributed by atoms with van der Waals surface area (Å²) in [6, 6.07) is -0.417. The largest absolute Gasteiger partial charge is 0.458 e. The number of carbonyl (C=O) groups is 2. The van der Waals surface area contributed by atoms with E-state index >= 15 is 0 Å². The van der Waals surface area contributed by atoms with E-state index in [1.165, 1.54) is 0 Å². The average molecular weight is 285 g/mol. The van der Waals surface area contributed by atoms with Crippen molar-refractivity contribution in [2.75, 3.05) is 13.7 Å². The predicted octanol–water partition coefficient (Wildman–Crippen LogP) is 2.13. The molecular weight excluding hydrogens is 258 g/mol. The number of esters is 1. The van der Waals surface area contributed by atoms with Crippen LogP contribution in [0.2, 0.25) is 0 Å². The molecule has 0 aromatic heterocycles. The number of methoxy groups -OCH3 is 1. The van der Waals surface area contributed by atoms with Crippen molar-refractivity contribution in [1.82, 2.24) is 4.90 Å². The Morgan fingerprint density at radius 2 is 2.00 bits per heavy atom. The van der Waals surface area contributed by atoms with Crippen LogP contribution < -0.4 is 0 Å². The highest BCUT2D eigenvalue weighted by molar-refractivity contribution is 5.85. The van der Waals surface area contributed by atoms with Crippen LogP contribution in [0.15, 0.2) is 0 Å². The Labute approximate surface area is 121 Å². The van der Waals surface area contributed by atoms with Crippen LogP contribution in [-0.2, 0) is 19.1 Å². The highest BCUT2D eigenvalue weighted by atomic mass is 16.6. The Morgan fingerprint density at radius 3 is 2.55 bits per heavy atom. The standard InChI is InChI=1S/C15H27NO4/c1-11(19-5)8-9-13(17)16-10-6-7-12(16)14(18)20-15(2,3)4/h11-12H,6-10H2,1-5H3/t11?,12-/m1/s1. The lowest BCUT2D eigenvalue weighted by Crippen LogP contribution is -2.43. The van der Waals surface area contributed by atoms with Gasteiger partial charge in [-0.05, 0) is 47.0 Å². The van der Waals surface area contributed by atoms with E-state index in [1.54, 1.807) is 12.0 Å². The summed E-state index contributed by atoms with van der Waals surface area (Å²) in [5.74, 6) is -0.273. The van der Waals surface area contributed by atoms with Gasteiger partial charge in [-0.3, -0.25) is 4.79 Å². The van der Waals surface area contributed by atoms with Crippen molar-refractivity contribution in [3.8, 4) is 0 Å². The van der Waals surface area contributed by atoms with Gasteiger partial charge in [-0.2, -0.15) is 0 Å². The molecule has 1 unspecified atom stereocenters. The van der Waals surface area contributed by atoms with Crippen molar-refractivity contribution >= 4 is 11.9 Å². The van der Waals surface area contributed by atoms with E-state index in [1.807, 2.05) is 27.7 Å². The van der Waals surface area contributed by atoms with Crippen molar-refractivity contribution in [3.05, 3.63) is 0 Å². The van der Waals surface area contributed by atoms with Crippen molar-refractivity contribution in [2.24, 2.45) is 0 Å². The molecule has 0 aliphatic carbocycles. The molecule has 116 valence electrons. The van der Waals surface area contributed by atoms with E-state index in [9.17, 15) is 9.59 Å². The summed E-state index contributed by atoms with van der Waals surface area (Å²) in [4.78, 5) is 26.0. The molecular formula is C15H27NO4. The van der Waals surface area contributed by atoms with Crippen LogP contribution >= 0.6 is 0 Å². The van der Waals surface area contributed by atoms with E-state index in [4.69, 9.17) is 9.47 Å². The van der Waals surface area contributed by atoms with Gasteiger partial charge in [-0.1, -0.05) is 0 Å². The second kappa shape index (κ2) is 7.07. The normalized spacial score (nSPS) is 20.9. The quantitative estimate of drug-likeness (QED) is 0.726. The molecule has 1 heterocycles. The molecule has 0 radical (unpaired) electrons. The second-order valence-corrected chi connectivity index (χ2v) is 6.36. The molecule has 1 aliphatic heterocycles. The third-order valence-corrected chi connectivity index (χ3v) is 3.42. The lowest BCUT2D eigenvalue weighted by atomic mass is 10.1. The van der Waals surface area contributed by atoms with Gasteiger partial charge in [0.05, 0.1) is 6.10 Å². The number of nitrogens with zero attached hydrogens (tertiary/aromatic N) is 1. The average Bonchev–Trinajstić information content (AvgIpc) is 2.82. The fourth-order valence-electron chi connectivity index (χ4n) is 2.27. The first-order chi connectivity index (χ1) is 9.24. The maximum absolute atomic E-state index is 12.2. The van der Waals surface area contributed by atoms with Crippen LogP contribution in [0.25, 0.3) is 0 Å². The minimum atomic E-state index is -0.515. The highest BCUT2D eigenvalue weighted by Gasteiger charge is 2.36. The number of hydrogen-bond acceptors (Lipinski definition) is 4. The summed E-state index contributed by atoms with van der Waals surface area (Å²) in [5.41, 5.74) is -0.515. The van der Waals surface area contributed by atoms with Gasteiger partial charge < -0.3 is 14.4 Å². The summed E-state index contributed by atoms with van der Waals surface area (Å²) >= 11 is 0. The summed E-state index contributed by atoms with van der Waals surface area (Å²) < 4.78 is 10.5. The molecule has 0 spiro atoms. The van der Waals surface area contributed by atoms with E-state index in [-0.39, 0.29) is 18.0 Å². The van der Waals surface area contributed by atoms with E-state index in [0.29, 0.717) is 25.8 Å². The van der Waals surface area contributed by atoms with Gasteiger partial charge in [0.2, 0.25) is 5.91 Å². The molecule has 1 saturated heterocycles. The second-order valence-electron chi connectivity index (χ2n) is 6.36. The monoisotopic (exact) mass is 285 g/mol. The van der Waals surface area contributed by atoms with Crippen LogP contribution in [0.1, 0.15) is 53.4 Å². The topological polar surface area (TPSA) is 55.8 Å². The summed E-state index contributed by atoms with van der Waals surface area (Å²) in [6.07, 6.45) is 2.69. The number of amides is 1. The van der Waals surface area contributed by atoms with E-state index < -0.39 is 11.6 Å². The van der Waals surface area contributed by atoms with Gasteiger partial charge in [0, 0.05) is 20.1 Å². The van der Waals surface area contributed by atoms with Crippen molar-refractivity contribution in [3.63, 3.8) is 0 Å². The third kappa shape index (κ3) is 5.12. The van der Waals surface area contributed by atoms with Crippen molar-refractivity contribution in [1.29, 1.82) is 0 Å². The highest BCUT2D eigenvalue weighted by Crippen LogP contribution is 2.22. The first-order valence-corrected chi connectivity index (χ1v) is 7.29. The fraction of sp³-hybridized carbons (Fsp3) is 0.867. The Morgan fingerprint density at radius 1 is 1.35 bits per heavy atom. The van der Waals surface area contributed by atoms with Gasteiger partial charge in [0.15, 0.2) is 0 Å². The summed E-state index contributed by atoms with van der Waals surface area (Å²) in [6.45, 7) is 8.09. The first kappa shape index (κ1) is 17.0. The maximum atomic E-state index is 12.2. The van der Waals surface area contributed by atoms with Crippen LogP contribution in [0.5, 0.6) is 0 Å². The zero-order valence-electron chi connectivity index (χ0n) is 13.3. The smallest absolute Gasteiger partial charge is 0.329 e. The number of hydrogen-bond donors (Lipinski definition) is 0. The minimum Gasteiger partial charge on any atom is -0.458 e. The first-order valence-electron chi connectivity index (χ1n) is 7.29. The molecule has 1 aliphatic rings. The number of carbonyl (C=O) groups excluding carboxylic acids is 2. The minimum absolute atomic E-state index is 0.0160.